The Hall–Kier alpha value is -3.59. The zero-order chi connectivity index (χ0) is 23.2. The third-order valence-electron chi connectivity index (χ3n) is 6.00. The first-order chi connectivity index (χ1) is 15.8. The molecule has 0 unspecified atom stereocenters. The molecule has 2 aromatic heterocycles. The highest BCUT2D eigenvalue weighted by molar-refractivity contribution is 5.84. The number of H-pyrrole nitrogens is 2. The maximum Gasteiger partial charge on any atom is 0.416 e. The molecule has 170 valence electrons. The second-order valence-corrected chi connectivity index (χ2v) is 8.10. The van der Waals surface area contributed by atoms with Crippen molar-refractivity contribution in [1.82, 2.24) is 19.9 Å². The van der Waals surface area contributed by atoms with E-state index in [0.717, 1.165) is 34.3 Å². The van der Waals surface area contributed by atoms with Crippen LogP contribution in [0.15, 0.2) is 53.5 Å². The lowest BCUT2D eigenvalue weighted by molar-refractivity contribution is -0.137. The average Bonchev–Trinajstić information content (AvgIpc) is 3.20. The molecule has 33 heavy (non-hydrogen) atoms. The van der Waals surface area contributed by atoms with E-state index in [1.807, 2.05) is 24.4 Å². The number of nitrogens with zero attached hydrogens (tertiary/aromatic N) is 2. The number of hydrogen-bond acceptors (Lipinski definition) is 4. The number of aromatic nitrogens is 3. The maximum atomic E-state index is 12.8. The van der Waals surface area contributed by atoms with Gasteiger partial charge in [-0.15, -0.1) is 0 Å². The van der Waals surface area contributed by atoms with E-state index in [4.69, 9.17) is 4.74 Å². The molecule has 0 fully saturated rings. The smallest absolute Gasteiger partial charge is 0.416 e. The largest absolute Gasteiger partial charge is 0.497 e. The van der Waals surface area contributed by atoms with Crippen molar-refractivity contribution in [2.75, 3.05) is 13.7 Å². The summed E-state index contributed by atoms with van der Waals surface area (Å²) in [7, 11) is 1.63. The van der Waals surface area contributed by atoms with Gasteiger partial charge in [-0.25, -0.2) is 4.98 Å². The van der Waals surface area contributed by atoms with E-state index in [1.54, 1.807) is 7.11 Å². The van der Waals surface area contributed by atoms with Gasteiger partial charge in [0, 0.05) is 48.7 Å². The molecule has 0 bridgehead atoms. The first-order valence-corrected chi connectivity index (χ1v) is 10.5. The van der Waals surface area contributed by atoms with Crippen molar-refractivity contribution in [3.8, 4) is 17.1 Å². The van der Waals surface area contributed by atoms with Crippen LogP contribution in [-0.2, 0) is 25.7 Å². The molecular formula is C24H21F3N4O2. The van der Waals surface area contributed by atoms with Crippen LogP contribution in [0.1, 0.15) is 22.4 Å². The van der Waals surface area contributed by atoms with Crippen molar-refractivity contribution in [2.24, 2.45) is 0 Å². The molecule has 5 rings (SSSR count). The van der Waals surface area contributed by atoms with E-state index in [-0.39, 0.29) is 11.4 Å². The van der Waals surface area contributed by atoms with Crippen LogP contribution in [0.3, 0.4) is 0 Å². The molecule has 3 heterocycles. The van der Waals surface area contributed by atoms with Gasteiger partial charge in [-0.2, -0.15) is 13.2 Å². The molecule has 2 N–H and O–H groups in total. The quantitative estimate of drug-likeness (QED) is 0.476. The summed E-state index contributed by atoms with van der Waals surface area (Å²) in [5.74, 6) is 1.06. The Kier molecular flexibility index (Phi) is 5.20. The molecule has 6 nitrogen and oxygen atoms in total. The average molecular weight is 454 g/mol. The van der Waals surface area contributed by atoms with E-state index in [0.29, 0.717) is 42.9 Å². The molecule has 0 atom stereocenters. The Morgan fingerprint density at radius 3 is 2.67 bits per heavy atom. The van der Waals surface area contributed by atoms with Gasteiger partial charge in [-0.1, -0.05) is 12.1 Å². The van der Waals surface area contributed by atoms with Gasteiger partial charge in [0.2, 0.25) is 0 Å². The minimum atomic E-state index is -4.41. The first-order valence-electron chi connectivity index (χ1n) is 10.5. The highest BCUT2D eigenvalue weighted by atomic mass is 19.4. The molecule has 1 aliphatic heterocycles. The molecule has 0 radical (unpaired) electrons. The summed E-state index contributed by atoms with van der Waals surface area (Å²) in [6.45, 7) is 1.82. The second kappa shape index (κ2) is 8.08. The van der Waals surface area contributed by atoms with Crippen molar-refractivity contribution in [3.63, 3.8) is 0 Å². The molecule has 4 aromatic rings. The van der Waals surface area contributed by atoms with E-state index < -0.39 is 11.7 Å². The van der Waals surface area contributed by atoms with Gasteiger partial charge in [0.1, 0.15) is 11.6 Å². The number of aromatic amines is 2. The van der Waals surface area contributed by atoms with Crippen LogP contribution in [0.2, 0.25) is 0 Å². The van der Waals surface area contributed by atoms with Crippen molar-refractivity contribution in [2.45, 2.75) is 25.7 Å². The first kappa shape index (κ1) is 21.3. The Bertz CT molecular complexity index is 1370. The lowest BCUT2D eigenvalue weighted by Gasteiger charge is -2.27. The predicted molar refractivity (Wildman–Crippen MR) is 118 cm³/mol. The highest BCUT2D eigenvalue weighted by Crippen LogP contribution is 2.31. The SMILES string of the molecule is COc1ccc2[nH]cc(CN3CCc4nc(-c5ccc(C(F)(F)F)cc5)[nH]c(=O)c4C3)c2c1. The Labute approximate surface area is 187 Å². The summed E-state index contributed by atoms with van der Waals surface area (Å²) >= 11 is 0. The number of rotatable bonds is 4. The summed E-state index contributed by atoms with van der Waals surface area (Å²) in [5.41, 5.74) is 2.84. The van der Waals surface area contributed by atoms with E-state index in [1.165, 1.54) is 12.1 Å². The predicted octanol–water partition coefficient (Wildman–Crippen LogP) is 4.50. The van der Waals surface area contributed by atoms with Crippen LogP contribution in [0.5, 0.6) is 5.75 Å². The van der Waals surface area contributed by atoms with Crippen molar-refractivity contribution in [1.29, 1.82) is 0 Å². The molecule has 0 saturated carbocycles. The molecule has 0 saturated heterocycles. The minimum Gasteiger partial charge on any atom is -0.497 e. The van der Waals surface area contributed by atoms with E-state index in [9.17, 15) is 18.0 Å². The highest BCUT2D eigenvalue weighted by Gasteiger charge is 2.30. The van der Waals surface area contributed by atoms with Crippen molar-refractivity contribution < 1.29 is 17.9 Å². The fourth-order valence-electron chi connectivity index (χ4n) is 4.23. The topological polar surface area (TPSA) is 74.0 Å². The molecule has 0 spiro atoms. The number of benzene rings is 2. The van der Waals surface area contributed by atoms with Gasteiger partial charge in [-0.3, -0.25) is 9.69 Å². The third kappa shape index (κ3) is 4.11. The monoisotopic (exact) mass is 454 g/mol. The van der Waals surface area contributed by atoms with Crippen LogP contribution < -0.4 is 10.3 Å². The van der Waals surface area contributed by atoms with Crippen LogP contribution in [-0.4, -0.2) is 33.5 Å². The molecule has 2 aromatic carbocycles. The normalized spacial score (nSPS) is 14.4. The zero-order valence-electron chi connectivity index (χ0n) is 17.8. The number of fused-ring (bicyclic) bond motifs is 2. The fraction of sp³-hybridized carbons (Fsp3) is 0.250. The Balaban J connectivity index is 1.38. The van der Waals surface area contributed by atoms with Crippen LogP contribution >= 0.6 is 0 Å². The molecule has 9 heteroatoms. The maximum absolute atomic E-state index is 12.8. The van der Waals surface area contributed by atoms with Gasteiger partial charge in [0.25, 0.3) is 5.56 Å². The standard InChI is InChI=1S/C24H21F3N4O2/c1-33-17-6-7-20-18(10-17)15(11-28-20)12-31-9-8-21-19(13-31)23(32)30-22(29-21)14-2-4-16(5-3-14)24(25,26)27/h2-7,10-11,28H,8-9,12-13H2,1H3,(H,29,30,32). The lowest BCUT2D eigenvalue weighted by atomic mass is 10.0. The molecule has 0 amide bonds. The lowest BCUT2D eigenvalue weighted by Crippen LogP contribution is -2.35. The number of ether oxygens (including phenoxy) is 1. The van der Waals surface area contributed by atoms with Crippen LogP contribution in [0, 0.1) is 0 Å². The zero-order valence-corrected chi connectivity index (χ0v) is 17.8. The van der Waals surface area contributed by atoms with Crippen LogP contribution in [0.25, 0.3) is 22.3 Å². The summed E-state index contributed by atoms with van der Waals surface area (Å²) in [6, 6.07) is 10.5. The van der Waals surface area contributed by atoms with Crippen molar-refractivity contribution in [3.05, 3.63) is 81.4 Å². The van der Waals surface area contributed by atoms with Crippen LogP contribution in [0.4, 0.5) is 13.2 Å². The summed E-state index contributed by atoms with van der Waals surface area (Å²) in [6.07, 6.45) is -1.86. The number of nitrogens with one attached hydrogen (secondary N) is 2. The van der Waals surface area contributed by atoms with E-state index >= 15 is 0 Å². The van der Waals surface area contributed by atoms with Gasteiger partial charge in [0.15, 0.2) is 0 Å². The number of halogens is 3. The molecule has 1 aliphatic rings. The molecule has 0 aliphatic carbocycles. The number of hydrogen-bond donors (Lipinski definition) is 2. The van der Waals surface area contributed by atoms with Gasteiger partial charge >= 0.3 is 6.18 Å². The van der Waals surface area contributed by atoms with Gasteiger partial charge in [-0.05, 0) is 35.9 Å². The fourth-order valence-corrected chi connectivity index (χ4v) is 4.23. The minimum absolute atomic E-state index is 0.264. The van der Waals surface area contributed by atoms with Crippen molar-refractivity contribution >= 4 is 10.9 Å². The third-order valence-corrected chi connectivity index (χ3v) is 6.00. The number of alkyl halides is 3. The van der Waals surface area contributed by atoms with Gasteiger partial charge in [0.05, 0.1) is 23.9 Å². The summed E-state index contributed by atoms with van der Waals surface area (Å²) < 4.78 is 43.8. The second-order valence-electron chi connectivity index (χ2n) is 8.10. The molecular weight excluding hydrogens is 433 g/mol. The summed E-state index contributed by atoms with van der Waals surface area (Å²) in [5, 5.41) is 1.07. The number of methoxy groups -OCH3 is 1. The Morgan fingerprint density at radius 2 is 1.94 bits per heavy atom. The van der Waals surface area contributed by atoms with Gasteiger partial charge < -0.3 is 14.7 Å². The van der Waals surface area contributed by atoms with E-state index in [2.05, 4.69) is 19.9 Å². The Morgan fingerprint density at radius 1 is 1.15 bits per heavy atom. The summed E-state index contributed by atoms with van der Waals surface area (Å²) in [4.78, 5) is 25.5.